The van der Waals surface area contributed by atoms with Crippen molar-refractivity contribution in [1.82, 2.24) is 24.4 Å². The number of morpholine rings is 1. The van der Waals surface area contributed by atoms with Gasteiger partial charge in [0, 0.05) is 38.1 Å². The average Bonchev–Trinajstić information content (AvgIpc) is 3.14. The van der Waals surface area contributed by atoms with Gasteiger partial charge in [0.05, 0.1) is 24.4 Å². The maximum Gasteiger partial charge on any atom is 0.265 e. The number of ether oxygens (including phenoxy) is 1. The highest BCUT2D eigenvalue weighted by atomic mass is 32.1. The molecule has 0 atom stereocenters. The molecule has 0 N–H and O–H groups in total. The lowest BCUT2D eigenvalue weighted by molar-refractivity contribution is -0.132. The van der Waals surface area contributed by atoms with Crippen LogP contribution in [-0.4, -0.2) is 81.7 Å². The van der Waals surface area contributed by atoms with Crippen LogP contribution in [-0.2, 0) is 14.3 Å². The summed E-state index contributed by atoms with van der Waals surface area (Å²) >= 11 is 5.19. The van der Waals surface area contributed by atoms with Gasteiger partial charge in [-0.2, -0.15) is 5.10 Å². The highest BCUT2D eigenvalue weighted by Crippen LogP contribution is 2.30. The van der Waals surface area contributed by atoms with Crippen LogP contribution in [0, 0.1) is 6.92 Å². The number of aryl methyl sites for hydroxylation is 1. The van der Waals surface area contributed by atoms with Crippen molar-refractivity contribution in [2.75, 3.05) is 45.3 Å². The van der Waals surface area contributed by atoms with Crippen LogP contribution < -0.4 is 4.90 Å². The highest BCUT2D eigenvalue weighted by Gasteiger charge is 2.36. The van der Waals surface area contributed by atoms with Gasteiger partial charge in [0.15, 0.2) is 10.8 Å². The maximum atomic E-state index is 12.8. The fourth-order valence-electron chi connectivity index (χ4n) is 4.12. The number of benzene rings is 1. The monoisotopic (exact) mass is 450 g/mol. The van der Waals surface area contributed by atoms with Gasteiger partial charge < -0.3 is 9.64 Å². The molecule has 0 bridgehead atoms. The summed E-state index contributed by atoms with van der Waals surface area (Å²) in [6.45, 7) is 4.59. The molecule has 10 heteroatoms. The van der Waals surface area contributed by atoms with Crippen molar-refractivity contribution in [3.63, 3.8) is 0 Å². The number of aromatic nitrogens is 3. The molecule has 2 aliphatic rings. The quantitative estimate of drug-likeness (QED) is 0.333. The van der Waals surface area contributed by atoms with Gasteiger partial charge in [-0.1, -0.05) is 12.1 Å². The number of hydrogen-bond acceptors (Lipinski definition) is 7. The van der Waals surface area contributed by atoms with E-state index < -0.39 is 11.8 Å². The first-order chi connectivity index (χ1) is 15.4. The molecule has 0 aliphatic carbocycles. The summed E-state index contributed by atoms with van der Waals surface area (Å²) in [6.07, 6.45) is 1.59. The number of amides is 2. The third-order valence-corrected chi connectivity index (χ3v) is 6.46. The molecule has 0 saturated carbocycles. The summed E-state index contributed by atoms with van der Waals surface area (Å²) in [7, 11) is 3.12. The Morgan fingerprint density at radius 1 is 1.06 bits per heavy atom. The largest absolute Gasteiger partial charge is 0.378 e. The minimum Gasteiger partial charge on any atom is -0.378 e. The first-order valence-corrected chi connectivity index (χ1v) is 10.7. The second kappa shape index (κ2) is 7.64. The zero-order valence-corrected chi connectivity index (χ0v) is 18.8. The molecule has 2 fully saturated rings. The van der Waals surface area contributed by atoms with E-state index in [-0.39, 0.29) is 10.7 Å². The van der Waals surface area contributed by atoms with Crippen molar-refractivity contribution in [3.8, 4) is 0 Å². The molecular formula is C22H22N6O3S. The third-order valence-electron chi connectivity index (χ3n) is 5.91. The predicted molar refractivity (Wildman–Crippen MR) is 124 cm³/mol. The van der Waals surface area contributed by atoms with Crippen molar-refractivity contribution in [2.45, 2.75) is 6.92 Å². The second-order valence-corrected chi connectivity index (χ2v) is 8.22. The van der Waals surface area contributed by atoms with Crippen molar-refractivity contribution in [3.05, 3.63) is 41.1 Å². The van der Waals surface area contributed by atoms with Gasteiger partial charge in [0.1, 0.15) is 11.4 Å². The summed E-state index contributed by atoms with van der Waals surface area (Å²) in [5.74, 6) is -0.0373. The molecule has 32 heavy (non-hydrogen) atoms. The average molecular weight is 451 g/mol. The number of carbonyl (C=O) groups excluding carboxylic acids is 2. The Kier molecular flexibility index (Phi) is 4.90. The number of carbonyl (C=O) groups is 2. The van der Waals surface area contributed by atoms with E-state index in [9.17, 15) is 9.59 Å². The summed E-state index contributed by atoms with van der Waals surface area (Å²) in [6, 6.07) is 7.96. The van der Waals surface area contributed by atoms with Crippen LogP contribution in [0.2, 0.25) is 0 Å². The molecule has 2 aliphatic heterocycles. The number of hydrogen-bond donors (Lipinski definition) is 0. The minimum absolute atomic E-state index is 0.0319. The van der Waals surface area contributed by atoms with E-state index in [1.165, 1.54) is 9.80 Å². The number of fused-ring (bicyclic) bond motifs is 3. The summed E-state index contributed by atoms with van der Waals surface area (Å²) in [4.78, 5) is 35.4. The van der Waals surface area contributed by atoms with E-state index in [1.54, 1.807) is 24.7 Å². The molecular weight excluding hydrogens is 428 g/mol. The lowest BCUT2D eigenvalue weighted by Crippen LogP contribution is -2.52. The lowest BCUT2D eigenvalue weighted by Gasteiger charge is -2.31. The fourth-order valence-corrected chi connectivity index (χ4v) is 4.28. The van der Waals surface area contributed by atoms with Gasteiger partial charge in [-0.25, -0.2) is 9.50 Å². The predicted octanol–water partition coefficient (Wildman–Crippen LogP) is 1.63. The molecule has 5 rings (SSSR count). The number of rotatable bonds is 2. The molecule has 164 valence electrons. The molecule has 2 amide bonds. The van der Waals surface area contributed by atoms with E-state index in [4.69, 9.17) is 21.9 Å². The summed E-state index contributed by atoms with van der Waals surface area (Å²) in [5.41, 5.74) is 2.84. The van der Waals surface area contributed by atoms with Crippen molar-refractivity contribution < 1.29 is 14.3 Å². The lowest BCUT2D eigenvalue weighted by atomic mass is 10.1. The minimum atomic E-state index is -0.439. The van der Waals surface area contributed by atoms with Gasteiger partial charge >= 0.3 is 0 Å². The molecule has 2 saturated heterocycles. The van der Waals surface area contributed by atoms with Gasteiger partial charge in [-0.15, -0.1) is 0 Å². The molecule has 9 nitrogen and oxygen atoms in total. The van der Waals surface area contributed by atoms with Crippen LogP contribution in [0.1, 0.15) is 11.3 Å². The highest BCUT2D eigenvalue weighted by molar-refractivity contribution is 7.80. The van der Waals surface area contributed by atoms with E-state index in [0.29, 0.717) is 30.1 Å². The van der Waals surface area contributed by atoms with E-state index in [1.807, 2.05) is 31.2 Å². The topological polar surface area (TPSA) is 83.3 Å². The number of likely N-dealkylation sites (N-methyl/N-ethyl adjacent to an activating group) is 2. The molecule has 3 aromatic rings. The fraction of sp³-hybridized carbons (Fsp3) is 0.318. The van der Waals surface area contributed by atoms with Crippen LogP contribution in [0.15, 0.2) is 29.8 Å². The normalized spacial score (nSPS) is 17.8. The van der Waals surface area contributed by atoms with Gasteiger partial charge in [0.2, 0.25) is 0 Å². The molecule has 4 heterocycles. The first kappa shape index (κ1) is 20.5. The van der Waals surface area contributed by atoms with E-state index in [0.717, 1.165) is 29.8 Å². The van der Waals surface area contributed by atoms with Gasteiger partial charge in [-0.05, 0) is 37.4 Å². The Bertz CT molecular complexity index is 1300. The number of anilines is 1. The first-order valence-electron chi connectivity index (χ1n) is 10.3. The van der Waals surface area contributed by atoms with Crippen molar-refractivity contribution >= 4 is 57.6 Å². The van der Waals surface area contributed by atoms with Crippen LogP contribution in [0.3, 0.4) is 0 Å². The van der Waals surface area contributed by atoms with Gasteiger partial charge in [-0.3, -0.25) is 19.4 Å². The van der Waals surface area contributed by atoms with Crippen LogP contribution in [0.5, 0.6) is 0 Å². The SMILES string of the molecule is Cc1nn2c(nc(N3CCOCC3)c3ccccc32)c1C=C1C(=O)N(C)C(=S)N(C)C1=O. The molecule has 0 spiro atoms. The summed E-state index contributed by atoms with van der Waals surface area (Å²) in [5, 5.41) is 5.84. The van der Waals surface area contributed by atoms with Crippen LogP contribution >= 0.6 is 12.2 Å². The second-order valence-electron chi connectivity index (χ2n) is 7.86. The number of thiocarbonyl (C=S) groups is 1. The molecule has 2 aromatic heterocycles. The summed E-state index contributed by atoms with van der Waals surface area (Å²) < 4.78 is 7.28. The maximum absolute atomic E-state index is 12.8. The zero-order valence-electron chi connectivity index (χ0n) is 18.0. The molecule has 1 aromatic carbocycles. The van der Waals surface area contributed by atoms with Crippen LogP contribution in [0.25, 0.3) is 22.6 Å². The zero-order chi connectivity index (χ0) is 22.6. The van der Waals surface area contributed by atoms with Crippen LogP contribution in [0.4, 0.5) is 5.82 Å². The smallest absolute Gasteiger partial charge is 0.265 e. The third kappa shape index (κ3) is 3.06. The van der Waals surface area contributed by atoms with E-state index in [2.05, 4.69) is 10.00 Å². The standard InChI is InChI=1S/C22H22N6O3S/c1-13-15(12-16-20(29)25(2)22(32)26(3)21(16)30)19-23-18(27-8-10-31-11-9-27)14-6-4-5-7-17(14)28(19)24-13/h4-7,12H,8-11H2,1-3H3. The Hall–Kier alpha value is -3.37. The van der Waals surface area contributed by atoms with Crippen molar-refractivity contribution in [2.24, 2.45) is 0 Å². The Morgan fingerprint density at radius 2 is 1.72 bits per heavy atom. The Labute approximate surface area is 189 Å². The van der Waals surface area contributed by atoms with E-state index >= 15 is 0 Å². The molecule has 0 radical (unpaired) electrons. The molecule has 0 unspecified atom stereocenters. The van der Waals surface area contributed by atoms with Crippen molar-refractivity contribution in [1.29, 1.82) is 0 Å². The van der Waals surface area contributed by atoms with Gasteiger partial charge in [0.25, 0.3) is 11.8 Å². The number of nitrogens with zero attached hydrogens (tertiary/aromatic N) is 6. The number of para-hydroxylation sites is 1. The Balaban J connectivity index is 1.74. The Morgan fingerprint density at radius 3 is 2.41 bits per heavy atom.